The predicted octanol–water partition coefficient (Wildman–Crippen LogP) is 4.05. The van der Waals surface area contributed by atoms with Gasteiger partial charge in [0.25, 0.3) is 0 Å². The quantitative estimate of drug-likeness (QED) is 0.515. The van der Waals surface area contributed by atoms with Gasteiger partial charge < -0.3 is 0 Å². The van der Waals surface area contributed by atoms with Gasteiger partial charge in [0.05, 0.1) is 0 Å². The fraction of sp³-hybridized carbons (Fsp3) is 0.917. The second kappa shape index (κ2) is 9.17. The van der Waals surface area contributed by atoms with Gasteiger partial charge in [-0.05, 0) is 6.42 Å². The van der Waals surface area contributed by atoms with Crippen molar-refractivity contribution in [2.45, 2.75) is 71.4 Å². The third kappa shape index (κ3) is 7.05. The number of ketones is 1. The summed E-state index contributed by atoms with van der Waals surface area (Å²) in [6, 6.07) is 0. The van der Waals surface area contributed by atoms with E-state index in [-0.39, 0.29) is 5.78 Å². The number of rotatable bonds is 9. The van der Waals surface area contributed by atoms with Crippen molar-refractivity contribution in [3.63, 3.8) is 0 Å². The number of unbranched alkanes of at least 4 members (excludes halogenated alkanes) is 5. The van der Waals surface area contributed by atoms with Crippen LogP contribution in [0.25, 0.3) is 0 Å². The summed E-state index contributed by atoms with van der Waals surface area (Å²) in [4.78, 5) is 10.9. The molecule has 0 rings (SSSR count). The zero-order valence-electron chi connectivity index (χ0n) is 9.52. The second-order valence-electron chi connectivity index (χ2n) is 3.84. The van der Waals surface area contributed by atoms with Gasteiger partial charge in [-0.3, -0.25) is 4.79 Å². The van der Waals surface area contributed by atoms with E-state index in [0.29, 0.717) is 12.8 Å². The number of Topliss-reactive ketones (excluding diaryl/α,β-unsaturated/α-hetero) is 1. The lowest BCUT2D eigenvalue weighted by Gasteiger charge is -2.05. The van der Waals surface area contributed by atoms with Crippen molar-refractivity contribution in [1.29, 1.82) is 0 Å². The fourth-order valence-corrected chi connectivity index (χ4v) is 1.49. The summed E-state index contributed by atoms with van der Waals surface area (Å²) in [5.41, 5.74) is 0. The summed E-state index contributed by atoms with van der Waals surface area (Å²) in [6.45, 7) is 3.90. The minimum Gasteiger partial charge on any atom is -0.296 e. The molecule has 0 saturated heterocycles. The van der Waals surface area contributed by atoms with Crippen molar-refractivity contribution in [3.05, 3.63) is 0 Å². The van der Waals surface area contributed by atoms with Gasteiger partial charge in [0, 0.05) is 6.42 Å². The van der Waals surface area contributed by atoms with E-state index in [0.717, 1.165) is 12.8 Å². The maximum Gasteiger partial charge on any atom is 0.166 e. The number of carbonyl (C=O) groups is 1. The van der Waals surface area contributed by atoms with Crippen LogP contribution >= 0.6 is 0 Å². The Morgan fingerprint density at radius 2 is 1.64 bits per heavy atom. The van der Waals surface area contributed by atoms with Crippen LogP contribution in [0.1, 0.15) is 65.2 Å². The Bertz CT molecular complexity index is 145. The molecule has 84 valence electrons. The van der Waals surface area contributed by atoms with Crippen LogP contribution in [0.3, 0.4) is 0 Å². The molecule has 0 amide bonds. The van der Waals surface area contributed by atoms with E-state index >= 15 is 0 Å². The molecule has 0 aliphatic heterocycles. The van der Waals surface area contributed by atoms with E-state index < -0.39 is 6.17 Å². The Morgan fingerprint density at radius 1 is 1.07 bits per heavy atom. The average molecular weight is 202 g/mol. The smallest absolute Gasteiger partial charge is 0.166 e. The van der Waals surface area contributed by atoms with Crippen LogP contribution in [-0.2, 0) is 4.79 Å². The monoisotopic (exact) mass is 202 g/mol. The number of carbonyl (C=O) groups excluding carboxylic acids is 1. The SMILES string of the molecule is CCCCCCCCC(F)C(=O)CC. The normalized spacial score (nSPS) is 12.8. The van der Waals surface area contributed by atoms with E-state index in [1.54, 1.807) is 6.92 Å². The zero-order valence-corrected chi connectivity index (χ0v) is 9.52. The molecule has 0 aromatic heterocycles. The first-order chi connectivity index (χ1) is 6.72. The van der Waals surface area contributed by atoms with Crippen LogP contribution in [0.4, 0.5) is 4.39 Å². The van der Waals surface area contributed by atoms with Crippen molar-refractivity contribution >= 4 is 5.78 Å². The molecule has 1 atom stereocenters. The van der Waals surface area contributed by atoms with Crippen LogP contribution in [0, 0.1) is 0 Å². The molecule has 2 heteroatoms. The van der Waals surface area contributed by atoms with Crippen molar-refractivity contribution in [2.24, 2.45) is 0 Å². The van der Waals surface area contributed by atoms with Gasteiger partial charge in [-0.15, -0.1) is 0 Å². The molecule has 0 spiro atoms. The predicted molar refractivity (Wildman–Crippen MR) is 58.2 cm³/mol. The summed E-state index contributed by atoms with van der Waals surface area (Å²) in [7, 11) is 0. The molecular formula is C12H23FO. The molecule has 0 N–H and O–H groups in total. The summed E-state index contributed by atoms with van der Waals surface area (Å²) >= 11 is 0. The highest BCUT2D eigenvalue weighted by molar-refractivity contribution is 5.82. The Labute approximate surface area is 87.1 Å². The number of hydrogen-bond donors (Lipinski definition) is 0. The zero-order chi connectivity index (χ0) is 10.8. The van der Waals surface area contributed by atoms with Gasteiger partial charge >= 0.3 is 0 Å². The van der Waals surface area contributed by atoms with Crippen molar-refractivity contribution < 1.29 is 9.18 Å². The van der Waals surface area contributed by atoms with E-state index in [4.69, 9.17) is 0 Å². The van der Waals surface area contributed by atoms with Crippen LogP contribution in [-0.4, -0.2) is 12.0 Å². The standard InChI is InChI=1S/C12H23FO/c1-3-5-6-7-8-9-10-11(13)12(14)4-2/h11H,3-10H2,1-2H3. The maximum absolute atomic E-state index is 13.0. The summed E-state index contributed by atoms with van der Waals surface area (Å²) < 4.78 is 13.0. The highest BCUT2D eigenvalue weighted by atomic mass is 19.1. The highest BCUT2D eigenvalue weighted by Crippen LogP contribution is 2.11. The molecule has 0 heterocycles. The Balaban J connectivity index is 3.23. The molecule has 1 nitrogen and oxygen atoms in total. The van der Waals surface area contributed by atoms with E-state index in [9.17, 15) is 9.18 Å². The van der Waals surface area contributed by atoms with Gasteiger partial charge in [-0.1, -0.05) is 52.4 Å². The van der Waals surface area contributed by atoms with Crippen LogP contribution < -0.4 is 0 Å². The van der Waals surface area contributed by atoms with Gasteiger partial charge in [-0.25, -0.2) is 4.39 Å². The maximum atomic E-state index is 13.0. The topological polar surface area (TPSA) is 17.1 Å². The lowest BCUT2D eigenvalue weighted by atomic mass is 10.0. The van der Waals surface area contributed by atoms with Gasteiger partial charge in [0.15, 0.2) is 12.0 Å². The number of hydrogen-bond acceptors (Lipinski definition) is 1. The molecule has 1 unspecified atom stereocenters. The molecule has 14 heavy (non-hydrogen) atoms. The molecule has 0 aromatic carbocycles. The molecule has 0 radical (unpaired) electrons. The highest BCUT2D eigenvalue weighted by Gasteiger charge is 2.13. The largest absolute Gasteiger partial charge is 0.296 e. The molecular weight excluding hydrogens is 179 g/mol. The molecule has 0 aromatic rings. The second-order valence-corrected chi connectivity index (χ2v) is 3.84. The van der Waals surface area contributed by atoms with E-state index in [1.165, 1.54) is 25.7 Å². The van der Waals surface area contributed by atoms with Crippen molar-refractivity contribution in [2.75, 3.05) is 0 Å². The van der Waals surface area contributed by atoms with Crippen LogP contribution in [0.5, 0.6) is 0 Å². The minimum atomic E-state index is -1.20. The third-order valence-electron chi connectivity index (χ3n) is 2.51. The fourth-order valence-electron chi connectivity index (χ4n) is 1.49. The van der Waals surface area contributed by atoms with Gasteiger partial charge in [0.1, 0.15) is 0 Å². The minimum absolute atomic E-state index is 0.237. The van der Waals surface area contributed by atoms with Crippen molar-refractivity contribution in [3.8, 4) is 0 Å². The summed E-state index contributed by atoms with van der Waals surface area (Å²) in [6.07, 6.45) is 6.42. The summed E-state index contributed by atoms with van der Waals surface area (Å²) in [5, 5.41) is 0. The lowest BCUT2D eigenvalue weighted by Crippen LogP contribution is -2.13. The average Bonchev–Trinajstić information content (AvgIpc) is 2.21. The molecule has 0 fully saturated rings. The molecule has 0 saturated carbocycles. The van der Waals surface area contributed by atoms with Crippen LogP contribution in [0.2, 0.25) is 0 Å². The lowest BCUT2D eigenvalue weighted by molar-refractivity contribution is -0.123. The third-order valence-corrected chi connectivity index (χ3v) is 2.51. The van der Waals surface area contributed by atoms with Crippen molar-refractivity contribution in [1.82, 2.24) is 0 Å². The summed E-state index contributed by atoms with van der Waals surface area (Å²) in [5.74, 6) is -0.237. The molecule has 0 bridgehead atoms. The molecule has 0 aliphatic carbocycles. The Morgan fingerprint density at radius 3 is 2.21 bits per heavy atom. The number of alkyl halides is 1. The first-order valence-corrected chi connectivity index (χ1v) is 5.89. The van der Waals surface area contributed by atoms with E-state index in [1.807, 2.05) is 0 Å². The Kier molecular flexibility index (Phi) is 8.90. The van der Waals surface area contributed by atoms with Gasteiger partial charge in [-0.2, -0.15) is 0 Å². The number of halogens is 1. The first kappa shape index (κ1) is 13.6. The molecule has 0 aliphatic rings. The Hall–Kier alpha value is -0.400. The first-order valence-electron chi connectivity index (χ1n) is 5.89. The van der Waals surface area contributed by atoms with E-state index in [2.05, 4.69) is 6.92 Å². The van der Waals surface area contributed by atoms with Gasteiger partial charge in [0.2, 0.25) is 0 Å². The van der Waals surface area contributed by atoms with Crippen LogP contribution in [0.15, 0.2) is 0 Å².